The highest BCUT2D eigenvalue weighted by molar-refractivity contribution is 6.20. The normalized spacial score (nSPS) is 25.1. The number of nitrogens with one attached hydrogen (secondary N) is 3. The fourth-order valence-corrected chi connectivity index (χ4v) is 5.08. The molecule has 7 nitrogen and oxygen atoms in total. The summed E-state index contributed by atoms with van der Waals surface area (Å²) in [6.45, 7) is 3.15. The van der Waals surface area contributed by atoms with Crippen molar-refractivity contribution in [3.05, 3.63) is 65.7 Å². The average molecular weight is 391 g/mol. The fourth-order valence-electron chi connectivity index (χ4n) is 5.08. The van der Waals surface area contributed by atoms with Crippen LogP contribution in [0.3, 0.4) is 0 Å². The molecule has 1 unspecified atom stereocenters. The van der Waals surface area contributed by atoms with E-state index in [1.54, 1.807) is 0 Å². The zero-order valence-electron chi connectivity index (χ0n) is 16.0. The highest BCUT2D eigenvalue weighted by Gasteiger charge is 2.61. The number of fused-ring (bicyclic) bond motifs is 4. The molecule has 3 aliphatic heterocycles. The number of imide groups is 2. The molecule has 0 radical (unpaired) electrons. The Balaban J connectivity index is 1.53. The molecule has 29 heavy (non-hydrogen) atoms. The van der Waals surface area contributed by atoms with E-state index in [-0.39, 0.29) is 6.04 Å². The Bertz CT molecular complexity index is 971. The highest BCUT2D eigenvalue weighted by Crippen LogP contribution is 2.42. The Labute approximate surface area is 168 Å². The molecule has 4 amide bonds. The summed E-state index contributed by atoms with van der Waals surface area (Å²) in [6.07, 6.45) is 0.300. The molecule has 7 heteroatoms. The Morgan fingerprint density at radius 3 is 2.41 bits per heavy atom. The van der Waals surface area contributed by atoms with Crippen LogP contribution < -0.4 is 20.4 Å². The first-order valence-electron chi connectivity index (χ1n) is 9.97. The molecule has 1 spiro atoms. The first kappa shape index (κ1) is 17.9. The number of barbiturate groups is 1. The summed E-state index contributed by atoms with van der Waals surface area (Å²) in [6, 6.07) is 17.1. The lowest BCUT2D eigenvalue weighted by molar-refractivity contribution is -0.917. The second-order valence-corrected chi connectivity index (χ2v) is 8.09. The summed E-state index contributed by atoms with van der Waals surface area (Å²) in [4.78, 5) is 41.4. The molecular formula is C22H23N4O3+. The van der Waals surface area contributed by atoms with Crippen LogP contribution in [0.5, 0.6) is 0 Å². The van der Waals surface area contributed by atoms with Crippen LogP contribution in [0.2, 0.25) is 0 Å². The van der Waals surface area contributed by atoms with Crippen molar-refractivity contribution in [2.24, 2.45) is 5.41 Å². The average Bonchev–Trinajstić information content (AvgIpc) is 2.72. The van der Waals surface area contributed by atoms with E-state index in [0.717, 1.165) is 30.9 Å². The Hall–Kier alpha value is -3.19. The highest BCUT2D eigenvalue weighted by atomic mass is 16.2. The number of carbonyl (C=O) groups is 3. The molecule has 2 aromatic carbocycles. The van der Waals surface area contributed by atoms with Gasteiger partial charge in [-0.25, -0.2) is 4.79 Å². The molecule has 148 valence electrons. The summed E-state index contributed by atoms with van der Waals surface area (Å²) in [5, 5.41) is 4.71. The van der Waals surface area contributed by atoms with E-state index in [4.69, 9.17) is 0 Å². The quantitative estimate of drug-likeness (QED) is 0.623. The number of piperazine rings is 1. The molecule has 2 saturated heterocycles. The molecule has 0 aliphatic carbocycles. The van der Waals surface area contributed by atoms with Crippen molar-refractivity contribution in [3.63, 3.8) is 0 Å². The number of urea groups is 1. The lowest BCUT2D eigenvalue weighted by Crippen LogP contribution is -3.15. The second-order valence-electron chi connectivity index (χ2n) is 8.09. The number of amides is 4. The van der Waals surface area contributed by atoms with Crippen LogP contribution >= 0.6 is 0 Å². The molecule has 0 bridgehead atoms. The molecule has 3 heterocycles. The van der Waals surface area contributed by atoms with Crippen LogP contribution in [0, 0.1) is 5.41 Å². The topological polar surface area (TPSA) is 83.0 Å². The third-order valence-electron chi connectivity index (χ3n) is 6.47. The van der Waals surface area contributed by atoms with E-state index in [2.05, 4.69) is 33.7 Å². The van der Waals surface area contributed by atoms with E-state index in [1.165, 1.54) is 10.5 Å². The standard InChI is InChI=1S/C22H22N4O3/c27-19-22(20(28)24-21(29)23-19)12-16-8-4-5-9-17(16)26-11-10-25(14-18(22)26)13-15-6-2-1-3-7-15/h1-9,18H,10-14H2,(H2,23,24,27,28,29)/p+1/t18-/m0/s1. The van der Waals surface area contributed by atoms with E-state index < -0.39 is 23.3 Å². The minimum absolute atomic E-state index is 0.300. The van der Waals surface area contributed by atoms with Gasteiger partial charge in [-0.05, 0) is 11.6 Å². The van der Waals surface area contributed by atoms with Gasteiger partial charge in [0.1, 0.15) is 12.6 Å². The first-order valence-corrected chi connectivity index (χ1v) is 9.97. The van der Waals surface area contributed by atoms with E-state index >= 15 is 0 Å². The number of rotatable bonds is 2. The zero-order valence-corrected chi connectivity index (χ0v) is 16.0. The molecule has 2 atom stereocenters. The smallest absolute Gasteiger partial charge is 0.328 e. The summed E-state index contributed by atoms with van der Waals surface area (Å²) < 4.78 is 0. The van der Waals surface area contributed by atoms with Crippen molar-refractivity contribution in [1.29, 1.82) is 0 Å². The number of anilines is 1. The van der Waals surface area contributed by atoms with E-state index in [1.807, 2.05) is 36.4 Å². The Kier molecular flexibility index (Phi) is 4.13. The number of nitrogens with zero attached hydrogens (tertiary/aromatic N) is 1. The summed E-state index contributed by atoms with van der Waals surface area (Å²) in [5.41, 5.74) is 1.98. The van der Waals surface area contributed by atoms with Gasteiger partial charge in [-0.3, -0.25) is 20.2 Å². The van der Waals surface area contributed by atoms with Crippen LogP contribution in [-0.2, 0) is 22.6 Å². The van der Waals surface area contributed by atoms with Crippen molar-refractivity contribution in [1.82, 2.24) is 10.6 Å². The maximum absolute atomic E-state index is 13.1. The molecule has 0 saturated carbocycles. The van der Waals surface area contributed by atoms with Gasteiger partial charge in [0.25, 0.3) is 0 Å². The minimum Gasteiger partial charge on any atom is -0.355 e. The molecule has 2 aromatic rings. The third-order valence-corrected chi connectivity index (χ3v) is 6.47. The second kappa shape index (κ2) is 6.70. The van der Waals surface area contributed by atoms with Crippen molar-refractivity contribution >= 4 is 23.5 Å². The Morgan fingerprint density at radius 1 is 0.966 bits per heavy atom. The first-order chi connectivity index (χ1) is 14.1. The Morgan fingerprint density at radius 2 is 1.66 bits per heavy atom. The molecule has 3 N–H and O–H groups in total. The number of para-hydroxylation sites is 1. The van der Waals surface area contributed by atoms with Gasteiger partial charge in [-0.1, -0.05) is 48.5 Å². The van der Waals surface area contributed by atoms with Gasteiger partial charge in [0.2, 0.25) is 11.8 Å². The third kappa shape index (κ3) is 2.81. The molecular weight excluding hydrogens is 368 g/mol. The SMILES string of the molecule is O=C1NC(=O)C2(Cc3ccccc3N3CC[NH+](Cc4ccccc4)C[C@H]32)C(=O)N1. The zero-order chi connectivity index (χ0) is 20.0. The summed E-state index contributed by atoms with van der Waals surface area (Å²) >= 11 is 0. The van der Waals surface area contributed by atoms with E-state index in [0.29, 0.717) is 13.0 Å². The predicted molar refractivity (Wildman–Crippen MR) is 106 cm³/mol. The largest absolute Gasteiger partial charge is 0.355 e. The summed E-state index contributed by atoms with van der Waals surface area (Å²) in [5.74, 6) is -0.978. The van der Waals surface area contributed by atoms with Crippen molar-refractivity contribution in [2.45, 2.75) is 19.0 Å². The monoisotopic (exact) mass is 391 g/mol. The lowest BCUT2D eigenvalue weighted by Gasteiger charge is -2.52. The molecule has 3 aliphatic rings. The number of hydrogen-bond donors (Lipinski definition) is 3. The van der Waals surface area contributed by atoms with Crippen LogP contribution in [0.15, 0.2) is 54.6 Å². The van der Waals surface area contributed by atoms with Gasteiger partial charge in [0.15, 0.2) is 5.41 Å². The van der Waals surface area contributed by atoms with Crippen LogP contribution in [-0.4, -0.2) is 43.5 Å². The van der Waals surface area contributed by atoms with Crippen LogP contribution in [0.1, 0.15) is 11.1 Å². The van der Waals surface area contributed by atoms with Crippen LogP contribution in [0.4, 0.5) is 10.5 Å². The van der Waals surface area contributed by atoms with Gasteiger partial charge < -0.3 is 9.80 Å². The number of benzene rings is 2. The van der Waals surface area contributed by atoms with Crippen molar-refractivity contribution in [2.75, 3.05) is 24.5 Å². The predicted octanol–water partition coefficient (Wildman–Crippen LogP) is -0.131. The van der Waals surface area contributed by atoms with Gasteiger partial charge in [-0.15, -0.1) is 0 Å². The minimum atomic E-state index is -1.30. The maximum atomic E-state index is 13.1. The van der Waals surface area contributed by atoms with Gasteiger partial charge in [0, 0.05) is 17.7 Å². The molecule has 2 fully saturated rings. The van der Waals surface area contributed by atoms with Gasteiger partial charge >= 0.3 is 6.03 Å². The number of quaternary nitrogens is 1. The summed E-state index contributed by atoms with van der Waals surface area (Å²) in [7, 11) is 0. The molecule has 5 rings (SSSR count). The fraction of sp³-hybridized carbons (Fsp3) is 0.318. The van der Waals surface area contributed by atoms with Crippen LogP contribution in [0.25, 0.3) is 0 Å². The van der Waals surface area contributed by atoms with E-state index in [9.17, 15) is 14.4 Å². The maximum Gasteiger partial charge on any atom is 0.328 e. The number of hydrogen-bond acceptors (Lipinski definition) is 4. The van der Waals surface area contributed by atoms with Gasteiger partial charge in [-0.2, -0.15) is 0 Å². The number of carbonyl (C=O) groups excluding carboxylic acids is 3. The lowest BCUT2D eigenvalue weighted by atomic mass is 9.68. The van der Waals surface area contributed by atoms with Crippen molar-refractivity contribution < 1.29 is 19.3 Å². The molecule has 0 aromatic heterocycles. The van der Waals surface area contributed by atoms with Gasteiger partial charge in [0.05, 0.1) is 19.6 Å². The van der Waals surface area contributed by atoms with Crippen molar-refractivity contribution in [3.8, 4) is 0 Å².